The number of hydrogen-bond donors (Lipinski definition) is 12. The predicted octanol–water partition coefficient (Wildman–Crippen LogP) is 11.6. The average Bonchev–Trinajstić information content (AvgIpc) is 0.792. The first-order valence-corrected chi connectivity index (χ1v) is 37.5. The number of carbonyl (C=O) groups excluding carboxylic acids is 1. The molecule has 570 valence electrons. The predicted molar refractivity (Wildman–Crippen MR) is 401 cm³/mol. The molecule has 0 aromatic carbocycles. The highest BCUT2D eigenvalue weighted by molar-refractivity contribution is 5.76. The minimum absolute atomic E-state index is 0.164. The van der Waals surface area contributed by atoms with Gasteiger partial charge in [-0.05, 0) is 135 Å². The molecule has 17 atom stereocenters. The molecule has 19 heteroatoms. The Kier molecular flexibility index (Phi) is 53.7. The lowest BCUT2D eigenvalue weighted by molar-refractivity contribution is -0.379. The molecule has 17 unspecified atom stereocenters. The van der Waals surface area contributed by atoms with E-state index < -0.39 is 131 Å². The van der Waals surface area contributed by atoms with E-state index >= 15 is 0 Å². The van der Waals surface area contributed by atoms with E-state index in [1.165, 1.54) is 44.9 Å². The van der Waals surface area contributed by atoms with Gasteiger partial charge >= 0.3 is 0 Å². The van der Waals surface area contributed by atoms with E-state index in [9.17, 15) is 61.0 Å². The minimum Gasteiger partial charge on any atom is -0.394 e. The van der Waals surface area contributed by atoms with Gasteiger partial charge in [0.05, 0.1) is 38.6 Å². The molecule has 0 aromatic rings. The summed E-state index contributed by atoms with van der Waals surface area (Å²) in [5.41, 5.74) is 0. The topological polar surface area (TPSA) is 307 Å². The largest absolute Gasteiger partial charge is 0.394 e. The summed E-state index contributed by atoms with van der Waals surface area (Å²) in [4.78, 5) is 13.4. The van der Waals surface area contributed by atoms with Gasteiger partial charge in [-0.15, -0.1) is 0 Å². The number of unbranched alkanes of at least 4 members (excludes halogenated alkanes) is 11. The molecule has 3 aliphatic heterocycles. The number of aliphatic hydroxyl groups is 11. The molecule has 3 heterocycles. The summed E-state index contributed by atoms with van der Waals surface area (Å²) < 4.78 is 34.3. The molecule has 0 saturated carbocycles. The Bertz CT molecular complexity index is 2540. The van der Waals surface area contributed by atoms with E-state index in [0.29, 0.717) is 12.8 Å². The van der Waals surface area contributed by atoms with Crippen LogP contribution in [-0.4, -0.2) is 193 Å². The molecular weight excluding hydrogens is 1290 g/mol. The van der Waals surface area contributed by atoms with Gasteiger partial charge in [-0.2, -0.15) is 0 Å². The number of allylic oxidation sites excluding steroid dienone is 29. The Hall–Kier alpha value is -5.11. The first-order chi connectivity index (χ1) is 49.3. The van der Waals surface area contributed by atoms with Crippen LogP contribution >= 0.6 is 0 Å². The van der Waals surface area contributed by atoms with Crippen LogP contribution in [0, 0.1) is 0 Å². The lowest BCUT2D eigenvalue weighted by atomic mass is 9.96. The molecule has 3 rings (SSSR count). The highest BCUT2D eigenvalue weighted by atomic mass is 16.8. The fourth-order valence-corrected chi connectivity index (χ4v) is 11.1. The van der Waals surface area contributed by atoms with E-state index in [4.69, 9.17) is 28.4 Å². The van der Waals surface area contributed by atoms with E-state index in [-0.39, 0.29) is 12.3 Å². The molecule has 101 heavy (non-hydrogen) atoms. The highest BCUT2D eigenvalue weighted by Crippen LogP contribution is 2.33. The van der Waals surface area contributed by atoms with Crippen molar-refractivity contribution in [1.82, 2.24) is 5.32 Å². The van der Waals surface area contributed by atoms with Gasteiger partial charge in [-0.1, -0.05) is 235 Å². The zero-order chi connectivity index (χ0) is 73.2. The number of ether oxygens (including phenoxy) is 6. The summed E-state index contributed by atoms with van der Waals surface area (Å²) in [6.07, 6.45) is 64.5. The molecule has 0 bridgehead atoms. The normalized spacial score (nSPS) is 27.4. The third-order valence-electron chi connectivity index (χ3n) is 17.2. The maximum Gasteiger partial charge on any atom is 0.220 e. The van der Waals surface area contributed by atoms with Crippen LogP contribution in [0.15, 0.2) is 182 Å². The molecule has 3 saturated heterocycles. The summed E-state index contributed by atoms with van der Waals surface area (Å²) >= 11 is 0. The minimum atomic E-state index is -2.00. The Balaban J connectivity index is 1.40. The number of aliphatic hydroxyl groups excluding tert-OH is 11. The van der Waals surface area contributed by atoms with E-state index in [0.717, 1.165) is 116 Å². The van der Waals surface area contributed by atoms with Crippen LogP contribution in [0.3, 0.4) is 0 Å². The van der Waals surface area contributed by atoms with Crippen LogP contribution in [-0.2, 0) is 33.2 Å². The lowest BCUT2D eigenvalue weighted by Gasteiger charge is -2.48. The van der Waals surface area contributed by atoms with Crippen LogP contribution in [0.25, 0.3) is 0 Å². The first kappa shape index (κ1) is 90.1. The number of hydrogen-bond acceptors (Lipinski definition) is 18. The Morgan fingerprint density at radius 1 is 0.366 bits per heavy atom. The van der Waals surface area contributed by atoms with Crippen molar-refractivity contribution in [2.75, 3.05) is 26.4 Å². The maximum absolute atomic E-state index is 13.4. The van der Waals surface area contributed by atoms with Crippen molar-refractivity contribution in [1.29, 1.82) is 0 Å². The smallest absolute Gasteiger partial charge is 0.220 e. The molecule has 3 aliphatic rings. The van der Waals surface area contributed by atoms with Crippen molar-refractivity contribution in [2.45, 2.75) is 298 Å². The van der Waals surface area contributed by atoms with E-state index in [1.54, 1.807) is 6.08 Å². The Labute approximate surface area is 604 Å². The van der Waals surface area contributed by atoms with Crippen molar-refractivity contribution < 1.29 is 89.4 Å². The molecule has 0 spiro atoms. The van der Waals surface area contributed by atoms with E-state index in [1.807, 2.05) is 6.08 Å². The third-order valence-corrected chi connectivity index (χ3v) is 17.2. The van der Waals surface area contributed by atoms with E-state index in [2.05, 4.69) is 189 Å². The second-order valence-corrected chi connectivity index (χ2v) is 25.6. The number of amides is 1. The average molecular weight is 1420 g/mol. The number of nitrogens with one attached hydrogen (secondary N) is 1. The quantitative estimate of drug-likeness (QED) is 0.0199. The summed E-state index contributed by atoms with van der Waals surface area (Å²) in [5.74, 6) is -0.341. The Morgan fingerprint density at radius 2 is 0.693 bits per heavy atom. The van der Waals surface area contributed by atoms with Gasteiger partial charge in [-0.25, -0.2) is 0 Å². The molecule has 3 fully saturated rings. The first-order valence-electron chi connectivity index (χ1n) is 37.5. The molecule has 0 radical (unpaired) electrons. The van der Waals surface area contributed by atoms with Gasteiger partial charge in [-0.3, -0.25) is 4.79 Å². The van der Waals surface area contributed by atoms with Gasteiger partial charge in [0.15, 0.2) is 18.9 Å². The monoisotopic (exact) mass is 1420 g/mol. The summed E-state index contributed by atoms with van der Waals surface area (Å²) in [5, 5.41) is 121. The molecular formula is C82H129NO18. The van der Waals surface area contributed by atoms with Gasteiger partial charge < -0.3 is 89.9 Å². The molecule has 1 amide bonds. The lowest BCUT2D eigenvalue weighted by Crippen LogP contribution is -2.66. The van der Waals surface area contributed by atoms with Crippen LogP contribution in [0.4, 0.5) is 0 Å². The van der Waals surface area contributed by atoms with Gasteiger partial charge in [0, 0.05) is 6.42 Å². The molecule has 12 N–H and O–H groups in total. The van der Waals surface area contributed by atoms with Gasteiger partial charge in [0.1, 0.15) is 73.2 Å². The summed E-state index contributed by atoms with van der Waals surface area (Å²) in [6.45, 7) is 1.52. The van der Waals surface area contributed by atoms with Crippen LogP contribution in [0.1, 0.15) is 194 Å². The van der Waals surface area contributed by atoms with Crippen molar-refractivity contribution in [3.8, 4) is 0 Å². The molecule has 19 nitrogen and oxygen atoms in total. The van der Waals surface area contributed by atoms with Crippen molar-refractivity contribution >= 4 is 5.91 Å². The van der Waals surface area contributed by atoms with Crippen LogP contribution in [0.2, 0.25) is 0 Å². The second kappa shape index (κ2) is 60.2. The van der Waals surface area contributed by atoms with Crippen molar-refractivity contribution in [3.63, 3.8) is 0 Å². The van der Waals surface area contributed by atoms with Crippen LogP contribution < -0.4 is 5.32 Å². The zero-order valence-electron chi connectivity index (χ0n) is 60.5. The second-order valence-electron chi connectivity index (χ2n) is 25.6. The van der Waals surface area contributed by atoms with Crippen LogP contribution in [0.5, 0.6) is 0 Å². The number of carbonyl (C=O) groups is 1. The molecule has 0 aromatic heterocycles. The summed E-state index contributed by atoms with van der Waals surface area (Å²) in [7, 11) is 0. The highest BCUT2D eigenvalue weighted by Gasteiger charge is 2.53. The standard InChI is InChI=1S/C82H129NO18/c1-3-5-7-9-11-13-15-17-19-21-22-23-24-25-26-27-28-29-30-31-32-33-34-35-36-37-38-39-40-41-42-44-46-48-50-52-54-56-58-60-70(88)83-65(66(87)59-57-55-53-51-49-47-45-43-20-18-16-14-12-10-8-6-4-2)64-96-80-76(94)73(91)78(68(62-85)98-80)101-82-77(95)74(92)79(69(63-86)99-82)100-81-75(93)72(90)71(89)67(61-84)97-81/h5,7,11,13,17,19-20,22-23,25-26,28-29,31-32,34-35,37-38,40-41,43-44,46,49-52,57,59,65-69,71-82,84-87,89-95H,3-4,6,8-10,12,14-16,18,21,24,27,30,33,36,39,42,45,47-48,53-56,58,60-64H2,1-2H3,(H,83,88)/b7-5-,13-11-,19-17-,23-22-,26-25-,29-28-,32-31-,35-34-,38-37-,41-40-,43-20+,46-44-,51-49+,52-50-,59-57+. The maximum atomic E-state index is 13.4. The number of rotatable bonds is 55. The van der Waals surface area contributed by atoms with Gasteiger partial charge in [0.2, 0.25) is 5.91 Å². The Morgan fingerprint density at radius 3 is 1.11 bits per heavy atom. The third kappa shape index (κ3) is 40.7. The van der Waals surface area contributed by atoms with Crippen molar-refractivity contribution in [2.24, 2.45) is 0 Å². The summed E-state index contributed by atoms with van der Waals surface area (Å²) in [6, 6.07) is -1.03. The van der Waals surface area contributed by atoms with Crippen molar-refractivity contribution in [3.05, 3.63) is 182 Å². The fraction of sp³-hybridized carbons (Fsp3) is 0.622. The molecule has 0 aliphatic carbocycles. The SMILES string of the molecule is CC/C=C\C/C=C\C/C=C\C/C=C\C/C=C\C/C=C\C/C=C\C/C=C\C/C=C\C/C=C\C/C=C\C/C=C\CCCCC(=O)NC(COC1OC(CO)C(OC2OC(CO)C(OC3OC(CO)C(O)C(O)C3O)C(O)C2O)C(O)C1O)C(O)/C=C/CC/C=C/CC/C=C/CCCCCCCCC. The van der Waals surface area contributed by atoms with Gasteiger partial charge in [0.25, 0.3) is 0 Å². The fourth-order valence-electron chi connectivity index (χ4n) is 11.1. The zero-order valence-corrected chi connectivity index (χ0v) is 60.5.